The molecular formula is C17H20N4OS. The summed E-state index contributed by atoms with van der Waals surface area (Å²) in [5, 5.41) is 8.46. The Labute approximate surface area is 139 Å². The molecule has 1 atom stereocenters. The van der Waals surface area contributed by atoms with Crippen LogP contribution >= 0.6 is 11.8 Å². The maximum absolute atomic E-state index is 12.9. The molecule has 0 spiro atoms. The topological polar surface area (TPSA) is 74.4 Å². The molecule has 0 aliphatic rings. The molecule has 2 N–H and O–H groups in total. The van der Waals surface area contributed by atoms with Crippen molar-refractivity contribution >= 4 is 28.4 Å². The second-order valence-corrected chi connectivity index (χ2v) is 7.26. The van der Waals surface area contributed by atoms with Gasteiger partial charge in [0.2, 0.25) is 5.16 Å². The number of H-pyrrole nitrogens is 2. The number of carbonyl (C=O) groups is 1. The van der Waals surface area contributed by atoms with Crippen molar-refractivity contribution in [2.45, 2.75) is 44.0 Å². The lowest BCUT2D eigenvalue weighted by molar-refractivity contribution is 0.0995. The van der Waals surface area contributed by atoms with Gasteiger partial charge in [-0.05, 0) is 19.9 Å². The molecule has 0 aliphatic heterocycles. The number of nitrogens with zero attached hydrogens (tertiary/aromatic N) is 2. The van der Waals surface area contributed by atoms with Gasteiger partial charge in [0.15, 0.2) is 5.78 Å². The van der Waals surface area contributed by atoms with E-state index in [1.165, 1.54) is 11.8 Å². The zero-order valence-electron chi connectivity index (χ0n) is 13.7. The number of Topliss-reactive ketones (excluding diaryl/α,β-unsaturated/α-hetero) is 1. The number of thioether (sulfide) groups is 1. The Bertz CT molecular complexity index is 849. The summed E-state index contributed by atoms with van der Waals surface area (Å²) in [4.78, 5) is 20.6. The van der Waals surface area contributed by atoms with Crippen molar-refractivity contribution in [3.8, 4) is 0 Å². The van der Waals surface area contributed by atoms with Crippen LogP contribution in [0.3, 0.4) is 0 Å². The minimum absolute atomic E-state index is 0.0980. The molecule has 3 aromatic rings. The smallest absolute Gasteiger partial charge is 0.209 e. The number of fused-ring (bicyclic) bond motifs is 1. The van der Waals surface area contributed by atoms with Gasteiger partial charge in [0.05, 0.1) is 5.25 Å². The van der Waals surface area contributed by atoms with Crippen molar-refractivity contribution in [3.63, 3.8) is 0 Å². The number of ketones is 1. The Hall–Kier alpha value is -2.08. The molecule has 3 rings (SSSR count). The van der Waals surface area contributed by atoms with Crippen LogP contribution in [0.2, 0.25) is 0 Å². The lowest BCUT2D eigenvalue weighted by Gasteiger charge is -2.08. The predicted molar refractivity (Wildman–Crippen MR) is 93.2 cm³/mol. The second-order valence-electron chi connectivity index (χ2n) is 5.95. The number of aromatic amines is 2. The summed E-state index contributed by atoms with van der Waals surface area (Å²) in [5.74, 6) is 1.23. The summed E-state index contributed by atoms with van der Waals surface area (Å²) in [6.45, 7) is 7.95. The Morgan fingerprint density at radius 1 is 1.22 bits per heavy atom. The molecule has 0 saturated carbocycles. The molecule has 0 saturated heterocycles. The summed E-state index contributed by atoms with van der Waals surface area (Å²) in [6, 6.07) is 7.88. The quantitative estimate of drug-likeness (QED) is 0.546. The maximum Gasteiger partial charge on any atom is 0.209 e. The summed E-state index contributed by atoms with van der Waals surface area (Å²) >= 11 is 1.39. The molecular weight excluding hydrogens is 308 g/mol. The van der Waals surface area contributed by atoms with E-state index < -0.39 is 0 Å². The number of hydrogen-bond donors (Lipinski definition) is 2. The van der Waals surface area contributed by atoms with E-state index in [2.05, 4.69) is 34.0 Å². The van der Waals surface area contributed by atoms with E-state index in [-0.39, 0.29) is 11.0 Å². The van der Waals surface area contributed by atoms with E-state index in [1.807, 2.05) is 38.1 Å². The van der Waals surface area contributed by atoms with Crippen LogP contribution in [0.5, 0.6) is 0 Å². The highest BCUT2D eigenvalue weighted by Crippen LogP contribution is 2.28. The molecule has 23 heavy (non-hydrogen) atoms. The van der Waals surface area contributed by atoms with E-state index in [4.69, 9.17) is 0 Å². The third-order valence-electron chi connectivity index (χ3n) is 3.82. The predicted octanol–water partition coefficient (Wildman–Crippen LogP) is 4.08. The van der Waals surface area contributed by atoms with Crippen molar-refractivity contribution < 1.29 is 4.79 Å². The Kier molecular flexibility index (Phi) is 4.26. The van der Waals surface area contributed by atoms with Crippen molar-refractivity contribution in [1.29, 1.82) is 0 Å². The lowest BCUT2D eigenvalue weighted by Crippen LogP contribution is -2.14. The van der Waals surface area contributed by atoms with Crippen LogP contribution in [-0.4, -0.2) is 31.2 Å². The molecule has 0 aliphatic carbocycles. The highest BCUT2D eigenvalue weighted by Gasteiger charge is 2.23. The van der Waals surface area contributed by atoms with E-state index in [1.54, 1.807) is 0 Å². The summed E-state index contributed by atoms with van der Waals surface area (Å²) in [6.07, 6.45) is 0. The van der Waals surface area contributed by atoms with Gasteiger partial charge >= 0.3 is 0 Å². The second kappa shape index (κ2) is 6.20. The van der Waals surface area contributed by atoms with E-state index in [0.29, 0.717) is 11.1 Å². The molecule has 0 fully saturated rings. The third kappa shape index (κ3) is 3.03. The average Bonchev–Trinajstić information content (AvgIpc) is 3.10. The zero-order chi connectivity index (χ0) is 16.6. The maximum atomic E-state index is 12.9. The summed E-state index contributed by atoms with van der Waals surface area (Å²) in [5.41, 5.74) is 2.66. The van der Waals surface area contributed by atoms with E-state index in [9.17, 15) is 4.79 Å². The molecule has 2 aromatic heterocycles. The fourth-order valence-electron chi connectivity index (χ4n) is 2.58. The highest BCUT2D eigenvalue weighted by molar-refractivity contribution is 8.00. The first-order valence-corrected chi connectivity index (χ1v) is 8.55. The van der Waals surface area contributed by atoms with Gasteiger partial charge in [-0.15, -0.1) is 5.10 Å². The molecule has 5 nitrogen and oxygen atoms in total. The van der Waals surface area contributed by atoms with Crippen LogP contribution in [0.1, 0.15) is 48.6 Å². The number of para-hydroxylation sites is 1. The number of hydrogen-bond acceptors (Lipinski definition) is 4. The molecule has 2 heterocycles. The summed E-state index contributed by atoms with van der Waals surface area (Å²) < 4.78 is 0. The van der Waals surface area contributed by atoms with Crippen LogP contribution in [0.4, 0.5) is 0 Å². The van der Waals surface area contributed by atoms with E-state index in [0.717, 1.165) is 28.0 Å². The first-order chi connectivity index (χ1) is 11.0. The van der Waals surface area contributed by atoms with Crippen LogP contribution < -0.4 is 0 Å². The lowest BCUT2D eigenvalue weighted by atomic mass is 10.1. The first kappa shape index (κ1) is 15.8. The molecule has 0 amide bonds. The van der Waals surface area contributed by atoms with Gasteiger partial charge in [0.25, 0.3) is 0 Å². The van der Waals surface area contributed by atoms with Gasteiger partial charge in [0, 0.05) is 28.1 Å². The van der Waals surface area contributed by atoms with Crippen molar-refractivity contribution in [1.82, 2.24) is 20.2 Å². The van der Waals surface area contributed by atoms with Crippen molar-refractivity contribution in [2.24, 2.45) is 0 Å². The van der Waals surface area contributed by atoms with Gasteiger partial charge in [-0.1, -0.05) is 43.8 Å². The molecule has 0 radical (unpaired) electrons. The number of benzene rings is 1. The number of aryl methyl sites for hydroxylation is 1. The minimum atomic E-state index is -0.247. The Balaban J connectivity index is 1.85. The molecule has 1 aromatic carbocycles. The molecule has 6 heteroatoms. The van der Waals surface area contributed by atoms with Gasteiger partial charge in [0.1, 0.15) is 5.82 Å². The minimum Gasteiger partial charge on any atom is -0.358 e. The first-order valence-electron chi connectivity index (χ1n) is 7.68. The highest BCUT2D eigenvalue weighted by atomic mass is 32.2. The van der Waals surface area contributed by atoms with Crippen LogP contribution in [0, 0.1) is 6.92 Å². The van der Waals surface area contributed by atoms with Crippen LogP contribution in [-0.2, 0) is 0 Å². The number of aromatic nitrogens is 4. The number of nitrogens with one attached hydrogen (secondary N) is 2. The molecule has 1 unspecified atom stereocenters. The van der Waals surface area contributed by atoms with Gasteiger partial charge in [-0.3, -0.25) is 9.89 Å². The SMILES string of the molecule is Cc1[nH]c2ccccc2c1C(=O)C(C)Sc1n[nH]c(C(C)C)n1. The fraction of sp³-hybridized carbons (Fsp3) is 0.353. The number of carbonyl (C=O) groups excluding carboxylic acids is 1. The van der Waals surface area contributed by atoms with Crippen molar-refractivity contribution in [2.75, 3.05) is 0 Å². The average molecular weight is 328 g/mol. The van der Waals surface area contributed by atoms with Crippen LogP contribution in [0.15, 0.2) is 29.4 Å². The van der Waals surface area contributed by atoms with Gasteiger partial charge in [-0.2, -0.15) is 0 Å². The monoisotopic (exact) mass is 328 g/mol. The van der Waals surface area contributed by atoms with Crippen LogP contribution in [0.25, 0.3) is 10.9 Å². The fourth-order valence-corrected chi connectivity index (χ4v) is 3.37. The van der Waals surface area contributed by atoms with Gasteiger partial charge in [-0.25, -0.2) is 4.98 Å². The summed E-state index contributed by atoms with van der Waals surface area (Å²) in [7, 11) is 0. The van der Waals surface area contributed by atoms with E-state index >= 15 is 0 Å². The zero-order valence-corrected chi connectivity index (χ0v) is 14.5. The Morgan fingerprint density at radius 3 is 2.65 bits per heavy atom. The van der Waals surface area contributed by atoms with Crippen molar-refractivity contribution in [3.05, 3.63) is 41.3 Å². The largest absolute Gasteiger partial charge is 0.358 e. The standard InChI is InChI=1S/C17H20N4OS/c1-9(2)16-19-17(21-20-16)23-11(4)15(22)14-10(3)18-13-8-6-5-7-12(13)14/h5-9,11,18H,1-4H3,(H,19,20,21). The number of rotatable bonds is 5. The molecule has 120 valence electrons. The Morgan fingerprint density at radius 2 is 1.96 bits per heavy atom. The van der Waals surface area contributed by atoms with Gasteiger partial charge < -0.3 is 4.98 Å². The third-order valence-corrected chi connectivity index (χ3v) is 4.78. The molecule has 0 bridgehead atoms. The normalized spacial score (nSPS) is 12.9.